The molecule has 0 unspecified atom stereocenters. The number of benzene rings is 1. The fourth-order valence-electron chi connectivity index (χ4n) is 3.07. The highest BCUT2D eigenvalue weighted by molar-refractivity contribution is 5.79. The molecule has 2 heterocycles. The van der Waals surface area contributed by atoms with Crippen LogP contribution in [0, 0.1) is 0 Å². The average Bonchev–Trinajstić information content (AvgIpc) is 3.11. The number of amides is 2. The summed E-state index contributed by atoms with van der Waals surface area (Å²) in [5, 5.41) is 6.94. The molecule has 1 N–H and O–H groups in total. The molecule has 0 saturated heterocycles. The van der Waals surface area contributed by atoms with Crippen molar-refractivity contribution in [2.75, 3.05) is 20.7 Å². The molecule has 1 aromatic heterocycles. The highest BCUT2D eigenvalue weighted by atomic mass is 16.5. The molecular formula is C18H22N4O3. The lowest BCUT2D eigenvalue weighted by molar-refractivity contribution is -0.133. The van der Waals surface area contributed by atoms with Crippen LogP contribution in [0.25, 0.3) is 0 Å². The van der Waals surface area contributed by atoms with Crippen molar-refractivity contribution < 1.29 is 14.3 Å². The minimum absolute atomic E-state index is 0.0412. The minimum atomic E-state index is -0.140. The lowest BCUT2D eigenvalue weighted by Crippen LogP contribution is -2.43. The normalized spacial score (nSPS) is 16.2. The van der Waals surface area contributed by atoms with E-state index >= 15 is 0 Å². The Hall–Kier alpha value is -2.83. The largest absolute Gasteiger partial charge is 0.497 e. The van der Waals surface area contributed by atoms with Crippen LogP contribution in [0.2, 0.25) is 0 Å². The predicted molar refractivity (Wildman–Crippen MR) is 92.1 cm³/mol. The molecule has 0 bridgehead atoms. The van der Waals surface area contributed by atoms with Crippen LogP contribution in [0.15, 0.2) is 36.5 Å². The van der Waals surface area contributed by atoms with Gasteiger partial charge in [0.1, 0.15) is 5.75 Å². The van der Waals surface area contributed by atoms with Crippen LogP contribution < -0.4 is 10.1 Å². The van der Waals surface area contributed by atoms with E-state index in [-0.39, 0.29) is 17.9 Å². The average molecular weight is 342 g/mol. The summed E-state index contributed by atoms with van der Waals surface area (Å²) in [6.45, 7) is 0.996. The predicted octanol–water partition coefficient (Wildman–Crippen LogP) is 1.15. The van der Waals surface area contributed by atoms with Crippen molar-refractivity contribution >= 4 is 11.8 Å². The molecule has 25 heavy (non-hydrogen) atoms. The standard InChI is InChI=1S/C18H22N4O3/c1-19-17(23)10-15-12-21(11-14-7-8-20-22(14)15)18(24)9-13-3-5-16(25-2)6-4-13/h3-8,15H,9-12H2,1-2H3,(H,19,23)/t15-/m0/s1. The van der Waals surface area contributed by atoms with Crippen LogP contribution in [0.3, 0.4) is 0 Å². The van der Waals surface area contributed by atoms with Gasteiger partial charge in [0.25, 0.3) is 0 Å². The second-order valence-electron chi connectivity index (χ2n) is 6.10. The maximum absolute atomic E-state index is 12.7. The van der Waals surface area contributed by atoms with E-state index in [4.69, 9.17) is 4.74 Å². The van der Waals surface area contributed by atoms with Gasteiger partial charge in [0.2, 0.25) is 11.8 Å². The fraction of sp³-hybridized carbons (Fsp3) is 0.389. The molecule has 0 saturated carbocycles. The Kier molecular flexibility index (Phi) is 5.02. The minimum Gasteiger partial charge on any atom is -0.497 e. The summed E-state index contributed by atoms with van der Waals surface area (Å²) in [4.78, 5) is 26.3. The van der Waals surface area contributed by atoms with E-state index in [0.717, 1.165) is 17.0 Å². The molecule has 1 atom stereocenters. The number of carbonyl (C=O) groups excluding carboxylic acids is 2. The Bertz CT molecular complexity index is 754. The lowest BCUT2D eigenvalue weighted by Gasteiger charge is -2.33. The van der Waals surface area contributed by atoms with E-state index in [1.54, 1.807) is 25.3 Å². The van der Waals surface area contributed by atoms with Crippen LogP contribution in [-0.4, -0.2) is 47.2 Å². The number of hydrogen-bond donors (Lipinski definition) is 1. The first-order valence-electron chi connectivity index (χ1n) is 8.24. The van der Waals surface area contributed by atoms with Crippen molar-refractivity contribution in [3.05, 3.63) is 47.8 Å². The molecule has 2 amide bonds. The van der Waals surface area contributed by atoms with Gasteiger partial charge in [0.15, 0.2) is 0 Å². The number of aromatic nitrogens is 2. The fourth-order valence-corrected chi connectivity index (χ4v) is 3.07. The van der Waals surface area contributed by atoms with Gasteiger partial charge in [-0.15, -0.1) is 0 Å². The Labute approximate surface area is 146 Å². The van der Waals surface area contributed by atoms with Crippen LogP contribution in [-0.2, 0) is 22.6 Å². The zero-order valence-corrected chi connectivity index (χ0v) is 14.4. The quantitative estimate of drug-likeness (QED) is 0.884. The lowest BCUT2D eigenvalue weighted by atomic mass is 10.1. The number of ether oxygens (including phenoxy) is 1. The second-order valence-corrected chi connectivity index (χ2v) is 6.10. The van der Waals surface area contributed by atoms with Gasteiger partial charge in [-0.2, -0.15) is 5.10 Å². The molecule has 0 radical (unpaired) electrons. The Morgan fingerprint density at radius 3 is 2.72 bits per heavy atom. The first-order chi connectivity index (χ1) is 12.1. The van der Waals surface area contributed by atoms with Gasteiger partial charge in [0, 0.05) is 19.8 Å². The third-order valence-corrected chi connectivity index (χ3v) is 4.45. The SMILES string of the molecule is CNC(=O)C[C@H]1CN(C(=O)Cc2ccc(OC)cc2)Cc2ccnn21. The number of nitrogens with one attached hydrogen (secondary N) is 1. The molecule has 0 fully saturated rings. The molecule has 1 aliphatic heterocycles. The van der Waals surface area contributed by atoms with Gasteiger partial charge in [-0.25, -0.2) is 0 Å². The Balaban J connectivity index is 1.71. The third kappa shape index (κ3) is 3.81. The maximum Gasteiger partial charge on any atom is 0.227 e. The number of hydrogen-bond acceptors (Lipinski definition) is 4. The Morgan fingerprint density at radius 2 is 2.04 bits per heavy atom. The van der Waals surface area contributed by atoms with Gasteiger partial charge in [-0.1, -0.05) is 12.1 Å². The molecule has 1 aliphatic rings. The second kappa shape index (κ2) is 7.38. The van der Waals surface area contributed by atoms with Gasteiger partial charge >= 0.3 is 0 Å². The van der Waals surface area contributed by atoms with Gasteiger partial charge in [0.05, 0.1) is 38.2 Å². The molecule has 3 rings (SSSR count). The van der Waals surface area contributed by atoms with Crippen molar-refractivity contribution in [2.24, 2.45) is 0 Å². The number of carbonyl (C=O) groups is 2. The maximum atomic E-state index is 12.7. The molecule has 7 nitrogen and oxygen atoms in total. The number of nitrogens with zero attached hydrogens (tertiary/aromatic N) is 3. The zero-order chi connectivity index (χ0) is 17.8. The van der Waals surface area contributed by atoms with Crippen molar-refractivity contribution in [1.82, 2.24) is 20.0 Å². The summed E-state index contributed by atoms with van der Waals surface area (Å²) in [5.41, 5.74) is 1.89. The number of methoxy groups -OCH3 is 1. The summed E-state index contributed by atoms with van der Waals surface area (Å²) in [6, 6.07) is 9.24. The van der Waals surface area contributed by atoms with Gasteiger partial charge in [-0.3, -0.25) is 14.3 Å². The van der Waals surface area contributed by atoms with Crippen LogP contribution in [0.1, 0.15) is 23.7 Å². The molecule has 0 aliphatic carbocycles. The smallest absolute Gasteiger partial charge is 0.227 e. The van der Waals surface area contributed by atoms with Crippen LogP contribution in [0.5, 0.6) is 5.75 Å². The van der Waals surface area contributed by atoms with Crippen molar-refractivity contribution in [3.63, 3.8) is 0 Å². The van der Waals surface area contributed by atoms with E-state index in [9.17, 15) is 9.59 Å². The van der Waals surface area contributed by atoms with Crippen molar-refractivity contribution in [2.45, 2.75) is 25.4 Å². The van der Waals surface area contributed by atoms with E-state index in [2.05, 4.69) is 10.4 Å². The Morgan fingerprint density at radius 1 is 1.28 bits per heavy atom. The third-order valence-electron chi connectivity index (χ3n) is 4.45. The van der Waals surface area contributed by atoms with E-state index in [0.29, 0.717) is 25.9 Å². The molecule has 1 aromatic carbocycles. The number of fused-ring (bicyclic) bond motifs is 1. The highest BCUT2D eigenvalue weighted by Gasteiger charge is 2.29. The van der Waals surface area contributed by atoms with Gasteiger partial charge in [-0.05, 0) is 23.8 Å². The molecule has 7 heteroatoms. The molecule has 0 spiro atoms. The molecule has 132 valence electrons. The summed E-state index contributed by atoms with van der Waals surface area (Å²) < 4.78 is 6.99. The monoisotopic (exact) mass is 342 g/mol. The highest BCUT2D eigenvalue weighted by Crippen LogP contribution is 2.24. The van der Waals surface area contributed by atoms with Gasteiger partial charge < -0.3 is 15.0 Å². The topological polar surface area (TPSA) is 76.5 Å². The molecular weight excluding hydrogens is 320 g/mol. The van der Waals surface area contributed by atoms with E-state index < -0.39 is 0 Å². The summed E-state index contributed by atoms with van der Waals surface area (Å²) in [5.74, 6) is 0.749. The summed E-state index contributed by atoms with van der Waals surface area (Å²) >= 11 is 0. The summed E-state index contributed by atoms with van der Waals surface area (Å²) in [7, 11) is 3.23. The summed E-state index contributed by atoms with van der Waals surface area (Å²) in [6.07, 6.45) is 2.34. The zero-order valence-electron chi connectivity index (χ0n) is 14.4. The van der Waals surface area contributed by atoms with Crippen LogP contribution in [0.4, 0.5) is 0 Å². The first kappa shape index (κ1) is 17.0. The van der Waals surface area contributed by atoms with Crippen molar-refractivity contribution in [3.8, 4) is 5.75 Å². The number of rotatable bonds is 5. The van der Waals surface area contributed by atoms with E-state index in [1.807, 2.05) is 35.0 Å². The molecule has 2 aromatic rings. The first-order valence-corrected chi connectivity index (χ1v) is 8.24. The van der Waals surface area contributed by atoms with Crippen molar-refractivity contribution in [1.29, 1.82) is 0 Å². The van der Waals surface area contributed by atoms with Crippen LogP contribution >= 0.6 is 0 Å². The van der Waals surface area contributed by atoms with E-state index in [1.165, 1.54) is 0 Å².